The molecule has 108 valence electrons. The van der Waals surface area contributed by atoms with Crippen molar-refractivity contribution in [2.75, 3.05) is 6.54 Å². The largest absolute Gasteiger partial charge is 0.314 e. The topological polar surface area (TPSA) is 58.2 Å². The Labute approximate surface area is 119 Å². The molecule has 4 nitrogen and oxygen atoms in total. The number of sulfonamides is 1. The molecule has 2 rings (SSSR count). The van der Waals surface area contributed by atoms with Crippen LogP contribution in [0.2, 0.25) is 0 Å². The van der Waals surface area contributed by atoms with Crippen LogP contribution in [0.5, 0.6) is 0 Å². The van der Waals surface area contributed by atoms with Crippen molar-refractivity contribution < 1.29 is 8.42 Å². The molecule has 1 aliphatic rings. The highest BCUT2D eigenvalue weighted by Gasteiger charge is 2.21. The fourth-order valence-electron chi connectivity index (χ4n) is 1.73. The van der Waals surface area contributed by atoms with E-state index in [0.717, 1.165) is 24.3 Å². The van der Waals surface area contributed by atoms with Crippen molar-refractivity contribution in [1.29, 1.82) is 0 Å². The average molecular weight is 302 g/mol. The van der Waals surface area contributed by atoms with Gasteiger partial charge in [0.2, 0.25) is 10.0 Å². The monoisotopic (exact) mass is 302 g/mol. The van der Waals surface area contributed by atoms with Crippen LogP contribution >= 0.6 is 11.3 Å². The average Bonchev–Trinajstić information content (AvgIpc) is 3.04. The highest BCUT2D eigenvalue weighted by molar-refractivity contribution is 7.91. The lowest BCUT2D eigenvalue weighted by Gasteiger charge is -2.10. The molecule has 1 aromatic heterocycles. The van der Waals surface area contributed by atoms with Crippen molar-refractivity contribution in [2.24, 2.45) is 0 Å². The SMILES string of the molecule is CCC(C)NS(=O)(=O)c1ccc(CCNC2CC2)s1. The Morgan fingerprint density at radius 3 is 2.79 bits per heavy atom. The van der Waals surface area contributed by atoms with Crippen LogP contribution in [-0.4, -0.2) is 27.0 Å². The van der Waals surface area contributed by atoms with Crippen LogP contribution < -0.4 is 10.0 Å². The van der Waals surface area contributed by atoms with E-state index in [0.29, 0.717) is 10.3 Å². The van der Waals surface area contributed by atoms with E-state index in [-0.39, 0.29) is 6.04 Å². The van der Waals surface area contributed by atoms with Crippen LogP contribution in [0.1, 0.15) is 38.0 Å². The summed E-state index contributed by atoms with van der Waals surface area (Å²) in [6, 6.07) is 4.31. The zero-order valence-corrected chi connectivity index (χ0v) is 13.1. The number of rotatable bonds is 8. The summed E-state index contributed by atoms with van der Waals surface area (Å²) in [7, 11) is -3.33. The summed E-state index contributed by atoms with van der Waals surface area (Å²) < 4.78 is 27.3. The summed E-state index contributed by atoms with van der Waals surface area (Å²) in [5.41, 5.74) is 0. The quantitative estimate of drug-likeness (QED) is 0.773. The Hall–Kier alpha value is -0.430. The second-order valence-corrected chi connectivity index (χ2v) is 8.24. The van der Waals surface area contributed by atoms with E-state index in [2.05, 4.69) is 10.0 Å². The first-order valence-electron chi connectivity index (χ1n) is 6.85. The van der Waals surface area contributed by atoms with Gasteiger partial charge in [-0.2, -0.15) is 0 Å². The van der Waals surface area contributed by atoms with Crippen molar-refractivity contribution >= 4 is 21.4 Å². The van der Waals surface area contributed by atoms with E-state index in [1.807, 2.05) is 19.9 Å². The molecule has 19 heavy (non-hydrogen) atoms. The Balaban J connectivity index is 1.90. The van der Waals surface area contributed by atoms with Crippen LogP contribution in [0.15, 0.2) is 16.3 Å². The summed E-state index contributed by atoms with van der Waals surface area (Å²) in [4.78, 5) is 1.12. The van der Waals surface area contributed by atoms with Gasteiger partial charge in [0, 0.05) is 23.5 Å². The minimum atomic E-state index is -3.33. The lowest BCUT2D eigenvalue weighted by atomic mass is 10.3. The second-order valence-electron chi connectivity index (χ2n) is 5.13. The van der Waals surface area contributed by atoms with E-state index < -0.39 is 10.0 Å². The molecule has 1 aliphatic carbocycles. The molecule has 0 saturated heterocycles. The molecule has 1 atom stereocenters. The fraction of sp³-hybridized carbons (Fsp3) is 0.692. The smallest absolute Gasteiger partial charge is 0.250 e. The van der Waals surface area contributed by atoms with Gasteiger partial charge in [-0.15, -0.1) is 11.3 Å². The van der Waals surface area contributed by atoms with Gasteiger partial charge < -0.3 is 5.32 Å². The van der Waals surface area contributed by atoms with Crippen molar-refractivity contribution in [2.45, 2.75) is 55.8 Å². The first-order chi connectivity index (χ1) is 9.01. The van der Waals surface area contributed by atoms with E-state index in [1.54, 1.807) is 6.07 Å². The van der Waals surface area contributed by atoms with Gasteiger partial charge in [-0.05, 0) is 44.7 Å². The summed E-state index contributed by atoms with van der Waals surface area (Å²) in [5, 5.41) is 3.44. The zero-order valence-electron chi connectivity index (χ0n) is 11.5. The first kappa shape index (κ1) is 15.0. The Morgan fingerprint density at radius 2 is 2.16 bits per heavy atom. The highest BCUT2D eigenvalue weighted by Crippen LogP contribution is 2.23. The molecular weight excluding hydrogens is 280 g/mol. The lowest BCUT2D eigenvalue weighted by Crippen LogP contribution is -2.31. The zero-order chi connectivity index (χ0) is 13.9. The van der Waals surface area contributed by atoms with Gasteiger partial charge in [0.1, 0.15) is 4.21 Å². The van der Waals surface area contributed by atoms with Gasteiger partial charge in [0.15, 0.2) is 0 Å². The van der Waals surface area contributed by atoms with Crippen molar-refractivity contribution in [1.82, 2.24) is 10.0 Å². The van der Waals surface area contributed by atoms with Gasteiger partial charge in [0.25, 0.3) is 0 Å². The predicted molar refractivity (Wildman–Crippen MR) is 79.1 cm³/mol. The van der Waals surface area contributed by atoms with Crippen LogP contribution in [0, 0.1) is 0 Å². The van der Waals surface area contributed by atoms with Crippen LogP contribution in [0.25, 0.3) is 0 Å². The standard InChI is InChI=1S/C13H22N2O2S2/c1-3-10(2)15-19(16,17)13-7-6-12(18-13)8-9-14-11-4-5-11/h6-7,10-11,14-15H,3-5,8-9H2,1-2H3. The maximum atomic E-state index is 12.1. The molecule has 0 amide bonds. The van der Waals surface area contributed by atoms with Gasteiger partial charge in [-0.1, -0.05) is 6.92 Å². The Morgan fingerprint density at radius 1 is 1.42 bits per heavy atom. The summed E-state index contributed by atoms with van der Waals surface area (Å²) >= 11 is 1.37. The van der Waals surface area contributed by atoms with Crippen molar-refractivity contribution in [3.63, 3.8) is 0 Å². The minimum Gasteiger partial charge on any atom is -0.314 e. The summed E-state index contributed by atoms with van der Waals surface area (Å²) in [5.74, 6) is 0. The van der Waals surface area contributed by atoms with E-state index >= 15 is 0 Å². The second kappa shape index (κ2) is 6.35. The third-order valence-corrected chi connectivity index (χ3v) is 6.48. The summed E-state index contributed by atoms with van der Waals surface area (Å²) in [6.45, 7) is 4.78. The molecule has 0 aromatic carbocycles. The van der Waals surface area contributed by atoms with Gasteiger partial charge in [-0.25, -0.2) is 13.1 Å². The highest BCUT2D eigenvalue weighted by atomic mass is 32.2. The lowest BCUT2D eigenvalue weighted by molar-refractivity contribution is 0.558. The van der Waals surface area contributed by atoms with E-state index in [4.69, 9.17) is 0 Å². The van der Waals surface area contributed by atoms with Crippen molar-refractivity contribution in [3.8, 4) is 0 Å². The third-order valence-electron chi connectivity index (χ3n) is 3.25. The molecule has 6 heteroatoms. The number of hydrogen-bond acceptors (Lipinski definition) is 4. The molecule has 0 aliphatic heterocycles. The van der Waals surface area contributed by atoms with Gasteiger partial charge in [0.05, 0.1) is 0 Å². The van der Waals surface area contributed by atoms with Crippen LogP contribution in [0.4, 0.5) is 0 Å². The fourth-order valence-corrected chi connectivity index (χ4v) is 4.43. The van der Waals surface area contributed by atoms with Crippen LogP contribution in [0.3, 0.4) is 0 Å². The van der Waals surface area contributed by atoms with Crippen molar-refractivity contribution in [3.05, 3.63) is 17.0 Å². The first-order valence-corrected chi connectivity index (χ1v) is 9.15. The molecular formula is C13H22N2O2S2. The maximum Gasteiger partial charge on any atom is 0.250 e. The molecule has 2 N–H and O–H groups in total. The Kier molecular flexibility index (Phi) is 5.00. The van der Waals surface area contributed by atoms with Gasteiger partial charge >= 0.3 is 0 Å². The molecule has 1 saturated carbocycles. The number of hydrogen-bond donors (Lipinski definition) is 2. The number of thiophene rings is 1. The molecule has 1 fully saturated rings. The third kappa shape index (κ3) is 4.56. The van der Waals surface area contributed by atoms with E-state index in [9.17, 15) is 8.42 Å². The normalized spacial score (nSPS) is 17.6. The molecule has 0 spiro atoms. The minimum absolute atomic E-state index is 0.0212. The molecule has 1 unspecified atom stereocenters. The Bertz CT molecular complexity index is 506. The summed E-state index contributed by atoms with van der Waals surface area (Å²) in [6.07, 6.45) is 4.26. The van der Waals surface area contributed by atoms with Gasteiger partial charge in [-0.3, -0.25) is 0 Å². The van der Waals surface area contributed by atoms with E-state index in [1.165, 1.54) is 24.2 Å². The molecule has 0 bridgehead atoms. The predicted octanol–water partition coefficient (Wildman–Crippen LogP) is 2.12. The number of nitrogens with one attached hydrogen (secondary N) is 2. The molecule has 1 aromatic rings. The maximum absolute atomic E-state index is 12.1. The van der Waals surface area contributed by atoms with Crippen LogP contribution in [-0.2, 0) is 16.4 Å². The molecule has 1 heterocycles. The molecule has 0 radical (unpaired) electrons.